The van der Waals surface area contributed by atoms with Gasteiger partial charge in [-0.2, -0.15) is 0 Å². The van der Waals surface area contributed by atoms with Crippen LogP contribution >= 0.6 is 11.8 Å². The lowest BCUT2D eigenvalue weighted by molar-refractivity contribution is 0.845. The zero-order chi connectivity index (χ0) is 14.8. The number of hydrogen-bond donors (Lipinski definition) is 0. The van der Waals surface area contributed by atoms with Crippen LogP contribution in [0.1, 0.15) is 30.9 Å². The fourth-order valence-electron chi connectivity index (χ4n) is 2.33. The molecule has 0 radical (unpaired) electrons. The monoisotopic (exact) mass is 394 g/mol. The van der Waals surface area contributed by atoms with Gasteiger partial charge in [-0.15, -0.1) is 23.6 Å². The molecule has 2 aromatic rings. The fourth-order valence-corrected chi connectivity index (χ4v) is 3.24. The lowest BCUT2D eigenvalue weighted by Gasteiger charge is -2.09. The van der Waals surface area contributed by atoms with Gasteiger partial charge in [-0.1, -0.05) is 42.5 Å². The van der Waals surface area contributed by atoms with Crippen LogP contribution in [0.25, 0.3) is 0 Å². The topological polar surface area (TPSA) is 0 Å². The van der Waals surface area contributed by atoms with Crippen molar-refractivity contribution in [3.05, 3.63) is 65.7 Å². The van der Waals surface area contributed by atoms with Gasteiger partial charge in [-0.05, 0) is 49.4 Å². The molecule has 0 atom stereocenters. The molecular formula is C20H27F5S. The van der Waals surface area contributed by atoms with E-state index in [0.29, 0.717) is 0 Å². The molecule has 0 aliphatic carbocycles. The third-order valence-corrected chi connectivity index (χ3v) is 4.44. The van der Waals surface area contributed by atoms with Crippen molar-refractivity contribution in [2.75, 3.05) is 5.75 Å². The first-order valence-electron chi connectivity index (χ1n) is 7.54. The largest absolute Gasteiger partial charge is 0.269 e. The molecule has 0 unspecified atom stereocenters. The van der Waals surface area contributed by atoms with E-state index in [1.165, 1.54) is 16.0 Å². The second-order valence-corrected chi connectivity index (χ2v) is 6.13. The zero-order valence-electron chi connectivity index (χ0n) is 14.7. The Kier molecular flexibility index (Phi) is 23.6. The summed E-state index contributed by atoms with van der Waals surface area (Å²) in [4.78, 5) is 1.35. The molecule has 2 rings (SSSR count). The van der Waals surface area contributed by atoms with Crippen molar-refractivity contribution in [2.24, 2.45) is 0 Å². The van der Waals surface area contributed by atoms with E-state index in [0.717, 1.165) is 31.4 Å². The molecule has 0 nitrogen and oxygen atoms in total. The van der Waals surface area contributed by atoms with E-state index in [9.17, 15) is 0 Å². The summed E-state index contributed by atoms with van der Waals surface area (Å²) in [5.74, 6) is 7.25. The minimum absolute atomic E-state index is 0. The van der Waals surface area contributed by atoms with Gasteiger partial charge in [0.15, 0.2) is 0 Å². The van der Waals surface area contributed by atoms with Crippen molar-refractivity contribution in [1.82, 2.24) is 0 Å². The molecule has 0 N–H and O–H groups in total. The Labute approximate surface area is 156 Å². The van der Waals surface area contributed by atoms with E-state index in [-0.39, 0.29) is 23.5 Å². The highest BCUT2D eigenvalue weighted by Gasteiger charge is 2.02. The Balaban J connectivity index is -0.000000484. The van der Waals surface area contributed by atoms with Gasteiger partial charge in [0.2, 0.25) is 0 Å². The number of rotatable bonds is 7. The predicted molar refractivity (Wildman–Crippen MR) is 106 cm³/mol. The van der Waals surface area contributed by atoms with Crippen LogP contribution in [0, 0.1) is 11.8 Å². The predicted octanol–water partition coefficient (Wildman–Crippen LogP) is 6.13. The number of thioether (sulfide) groups is 1. The van der Waals surface area contributed by atoms with Crippen molar-refractivity contribution in [2.45, 2.75) is 37.5 Å². The molecule has 26 heavy (non-hydrogen) atoms. The summed E-state index contributed by atoms with van der Waals surface area (Å²) < 4.78 is 0. The standard InChI is InChI=1S/C20H22S.5FH/c1-2-3-4-6-11-18-12-9-10-13-19(18)16-17-21-20-14-7-5-8-15-20;;;;;/h5,7-10,12-15H,4,6,11,16-17H2,1H3;5*1H. The van der Waals surface area contributed by atoms with Crippen LogP contribution in [0.5, 0.6) is 0 Å². The fraction of sp³-hybridized carbons (Fsp3) is 0.300. The van der Waals surface area contributed by atoms with Crippen LogP contribution in [0.4, 0.5) is 23.5 Å². The van der Waals surface area contributed by atoms with E-state index in [1.54, 1.807) is 0 Å². The molecule has 0 aromatic heterocycles. The molecule has 148 valence electrons. The van der Waals surface area contributed by atoms with E-state index < -0.39 is 0 Å². The van der Waals surface area contributed by atoms with Crippen molar-refractivity contribution in [3.8, 4) is 11.8 Å². The van der Waals surface area contributed by atoms with Crippen molar-refractivity contribution >= 4 is 11.8 Å². The second-order valence-electron chi connectivity index (χ2n) is 4.96. The highest BCUT2D eigenvalue weighted by atomic mass is 32.2. The van der Waals surface area contributed by atoms with Crippen molar-refractivity contribution in [1.29, 1.82) is 0 Å². The Bertz CT molecular complexity index is 608. The number of halogens is 5. The molecule has 0 spiro atoms. The Morgan fingerprint density at radius 3 is 1.85 bits per heavy atom. The van der Waals surface area contributed by atoms with E-state index >= 15 is 0 Å². The highest BCUT2D eigenvalue weighted by Crippen LogP contribution is 2.20. The summed E-state index contributed by atoms with van der Waals surface area (Å²) in [5.41, 5.74) is 2.98. The Hall–Kier alpha value is -2.00. The average Bonchev–Trinajstić information content (AvgIpc) is 2.54. The molecule has 0 bridgehead atoms. The van der Waals surface area contributed by atoms with Crippen LogP contribution in [-0.4, -0.2) is 5.75 Å². The number of aryl methyl sites for hydroxylation is 2. The van der Waals surface area contributed by atoms with Crippen molar-refractivity contribution in [3.63, 3.8) is 0 Å². The quantitative estimate of drug-likeness (QED) is 0.236. The molecule has 0 amide bonds. The third kappa shape index (κ3) is 11.5. The average molecular weight is 394 g/mol. The molecule has 0 heterocycles. The first-order valence-corrected chi connectivity index (χ1v) is 8.53. The summed E-state index contributed by atoms with van der Waals surface area (Å²) in [6.07, 6.45) is 4.43. The van der Waals surface area contributed by atoms with Gasteiger partial charge in [-0.3, -0.25) is 23.5 Å². The van der Waals surface area contributed by atoms with Gasteiger partial charge < -0.3 is 0 Å². The molecule has 0 fully saturated rings. The van der Waals surface area contributed by atoms with Crippen LogP contribution in [-0.2, 0) is 12.8 Å². The van der Waals surface area contributed by atoms with E-state index in [4.69, 9.17) is 0 Å². The van der Waals surface area contributed by atoms with E-state index in [2.05, 4.69) is 66.4 Å². The van der Waals surface area contributed by atoms with Gasteiger partial charge in [-0.25, -0.2) is 0 Å². The SMILES string of the molecule is CC#CCCCc1ccccc1CCSc1ccccc1.F.F.F.F.F. The van der Waals surface area contributed by atoms with Gasteiger partial charge >= 0.3 is 0 Å². The van der Waals surface area contributed by atoms with E-state index in [1.807, 2.05) is 18.7 Å². The van der Waals surface area contributed by atoms with Crippen LogP contribution in [0.2, 0.25) is 0 Å². The molecule has 0 saturated heterocycles. The maximum absolute atomic E-state index is 3.15. The smallest absolute Gasteiger partial charge is 0.00917 e. The highest BCUT2D eigenvalue weighted by molar-refractivity contribution is 7.99. The molecule has 0 aliphatic heterocycles. The van der Waals surface area contributed by atoms with Gasteiger partial charge in [0.1, 0.15) is 0 Å². The molecule has 6 heteroatoms. The second kappa shape index (κ2) is 19.3. The van der Waals surface area contributed by atoms with Crippen LogP contribution in [0.3, 0.4) is 0 Å². The first-order chi connectivity index (χ1) is 10.4. The number of unbranched alkanes of at least 4 members (excludes halogenated alkanes) is 1. The summed E-state index contributed by atoms with van der Waals surface area (Å²) in [6.45, 7) is 1.91. The summed E-state index contributed by atoms with van der Waals surface area (Å²) in [7, 11) is 0. The Morgan fingerprint density at radius 1 is 0.731 bits per heavy atom. The van der Waals surface area contributed by atoms with Gasteiger partial charge in [0.25, 0.3) is 0 Å². The lowest BCUT2D eigenvalue weighted by atomic mass is 10.0. The van der Waals surface area contributed by atoms with Gasteiger partial charge in [0, 0.05) is 17.1 Å². The lowest BCUT2D eigenvalue weighted by Crippen LogP contribution is -1.96. The summed E-state index contributed by atoms with van der Waals surface area (Å²) in [5, 5.41) is 0. The molecule has 0 saturated carbocycles. The normalized spacial score (nSPS) is 8.04. The van der Waals surface area contributed by atoms with Crippen molar-refractivity contribution < 1.29 is 23.5 Å². The molecule has 0 aliphatic rings. The number of benzene rings is 2. The number of hydrogen-bond acceptors (Lipinski definition) is 1. The Morgan fingerprint density at radius 2 is 1.27 bits per heavy atom. The maximum atomic E-state index is 3.15. The summed E-state index contributed by atoms with van der Waals surface area (Å²) >= 11 is 1.93. The summed E-state index contributed by atoms with van der Waals surface area (Å²) in [6, 6.07) is 19.5. The molecule has 2 aromatic carbocycles. The van der Waals surface area contributed by atoms with Gasteiger partial charge in [0.05, 0.1) is 0 Å². The molecular weight excluding hydrogens is 367 g/mol. The zero-order valence-corrected chi connectivity index (χ0v) is 15.5. The minimum atomic E-state index is 0. The third-order valence-electron chi connectivity index (χ3n) is 3.43. The first kappa shape index (κ1) is 31.7. The minimum Gasteiger partial charge on any atom is -0.269 e. The van der Waals surface area contributed by atoms with Crippen LogP contribution in [0.15, 0.2) is 59.5 Å². The van der Waals surface area contributed by atoms with Crippen LogP contribution < -0.4 is 0 Å². The maximum Gasteiger partial charge on any atom is 0.00917 e.